The molecule has 2 unspecified atom stereocenters. The van der Waals surface area contributed by atoms with E-state index in [4.69, 9.17) is 8.94 Å². The van der Waals surface area contributed by atoms with E-state index in [0.29, 0.717) is 24.4 Å². The number of rotatable bonds is 3. The molecule has 2 aromatic heterocycles. The van der Waals surface area contributed by atoms with Crippen LogP contribution in [0.1, 0.15) is 36.2 Å². The number of hydrogen-bond donors (Lipinski definition) is 0. The van der Waals surface area contributed by atoms with Crippen LogP contribution in [0.3, 0.4) is 0 Å². The molecule has 2 saturated heterocycles. The van der Waals surface area contributed by atoms with Crippen LogP contribution < -0.4 is 0 Å². The van der Waals surface area contributed by atoms with Gasteiger partial charge in [0.1, 0.15) is 9.84 Å². The van der Waals surface area contributed by atoms with E-state index >= 15 is 0 Å². The van der Waals surface area contributed by atoms with Crippen molar-refractivity contribution in [3.8, 4) is 11.5 Å². The Hall–Kier alpha value is -2.09. The van der Waals surface area contributed by atoms with Gasteiger partial charge in [0.2, 0.25) is 5.76 Å². The van der Waals surface area contributed by atoms with Crippen LogP contribution >= 0.6 is 0 Å². The molecule has 0 spiro atoms. The third-order valence-corrected chi connectivity index (χ3v) is 6.62. The molecule has 2 bridgehead atoms. The van der Waals surface area contributed by atoms with Crippen LogP contribution in [0.5, 0.6) is 0 Å². The van der Waals surface area contributed by atoms with Crippen molar-refractivity contribution in [2.75, 3.05) is 6.26 Å². The Morgan fingerprint density at radius 2 is 1.96 bits per heavy atom. The fraction of sp³-hybridized carbons (Fsp3) is 0.500. The van der Waals surface area contributed by atoms with Gasteiger partial charge in [-0.3, -0.25) is 4.79 Å². The molecular formula is C16H18N2O5S. The van der Waals surface area contributed by atoms with Crippen LogP contribution in [0.4, 0.5) is 0 Å². The summed E-state index contributed by atoms with van der Waals surface area (Å²) in [7, 11) is -3.08. The lowest BCUT2D eigenvalue weighted by Crippen LogP contribution is -2.49. The first-order valence-corrected chi connectivity index (χ1v) is 9.91. The molecule has 0 N–H and O–H groups in total. The molecule has 8 heteroatoms. The van der Waals surface area contributed by atoms with Gasteiger partial charge in [-0.1, -0.05) is 5.16 Å². The number of furan rings is 1. The Morgan fingerprint density at radius 1 is 1.25 bits per heavy atom. The van der Waals surface area contributed by atoms with Gasteiger partial charge in [0.05, 0.1) is 11.5 Å². The van der Waals surface area contributed by atoms with Gasteiger partial charge in [-0.25, -0.2) is 8.42 Å². The molecule has 2 aliphatic rings. The largest absolute Gasteiger partial charge is 0.461 e. The van der Waals surface area contributed by atoms with Gasteiger partial charge in [-0.2, -0.15) is 0 Å². The number of carbonyl (C=O) groups excluding carboxylic acids is 1. The van der Waals surface area contributed by atoms with Crippen LogP contribution in [0.25, 0.3) is 11.5 Å². The van der Waals surface area contributed by atoms with Gasteiger partial charge < -0.3 is 13.8 Å². The van der Waals surface area contributed by atoms with Crippen molar-refractivity contribution in [3.05, 3.63) is 30.2 Å². The summed E-state index contributed by atoms with van der Waals surface area (Å²) >= 11 is 0. The van der Waals surface area contributed by atoms with E-state index < -0.39 is 9.84 Å². The minimum absolute atomic E-state index is 0.0419. The monoisotopic (exact) mass is 350 g/mol. The van der Waals surface area contributed by atoms with Crippen molar-refractivity contribution in [1.82, 2.24) is 10.1 Å². The maximum absolute atomic E-state index is 12.8. The number of aromatic nitrogens is 1. The number of sulfone groups is 1. The third kappa shape index (κ3) is 2.54. The van der Waals surface area contributed by atoms with Gasteiger partial charge in [-0.15, -0.1) is 0 Å². The van der Waals surface area contributed by atoms with Crippen molar-refractivity contribution in [1.29, 1.82) is 0 Å². The average Bonchev–Trinajstić information content (AvgIpc) is 3.24. The molecule has 4 heterocycles. The molecule has 24 heavy (non-hydrogen) atoms. The van der Waals surface area contributed by atoms with Crippen LogP contribution in [0.2, 0.25) is 0 Å². The highest BCUT2D eigenvalue weighted by Crippen LogP contribution is 2.39. The molecule has 0 aliphatic carbocycles. The maximum Gasteiger partial charge on any atom is 0.276 e. The zero-order valence-electron chi connectivity index (χ0n) is 13.2. The lowest BCUT2D eigenvalue weighted by atomic mass is 10.0. The van der Waals surface area contributed by atoms with Gasteiger partial charge in [0, 0.05) is 24.4 Å². The Kier molecular flexibility index (Phi) is 3.52. The summed E-state index contributed by atoms with van der Waals surface area (Å²) in [6.45, 7) is 0. The van der Waals surface area contributed by atoms with Crippen LogP contribution in [0, 0.1) is 0 Å². The molecule has 2 aliphatic heterocycles. The molecule has 0 radical (unpaired) electrons. The molecule has 2 fully saturated rings. The molecule has 2 aromatic rings. The SMILES string of the molecule is CS(=O)(=O)C1CC2CCC(C1)N2C(=O)c1cc(-c2ccco2)on1. The second-order valence-corrected chi connectivity index (χ2v) is 8.90. The van der Waals surface area contributed by atoms with E-state index in [1.54, 1.807) is 23.1 Å². The summed E-state index contributed by atoms with van der Waals surface area (Å²) in [5, 5.41) is 3.52. The number of fused-ring (bicyclic) bond motifs is 2. The predicted octanol–water partition coefficient (Wildman–Crippen LogP) is 2.11. The fourth-order valence-electron chi connectivity index (χ4n) is 3.85. The summed E-state index contributed by atoms with van der Waals surface area (Å²) in [5.41, 5.74) is 0.233. The van der Waals surface area contributed by atoms with Gasteiger partial charge >= 0.3 is 0 Å². The quantitative estimate of drug-likeness (QED) is 0.841. The minimum atomic E-state index is -3.08. The number of amides is 1. The van der Waals surface area contributed by atoms with Crippen molar-refractivity contribution in [3.63, 3.8) is 0 Å². The molecule has 0 saturated carbocycles. The second kappa shape index (κ2) is 5.47. The van der Waals surface area contributed by atoms with E-state index in [1.165, 1.54) is 12.5 Å². The first-order chi connectivity index (χ1) is 11.4. The Bertz CT molecular complexity index is 841. The molecule has 7 nitrogen and oxygen atoms in total. The second-order valence-electron chi connectivity index (χ2n) is 6.57. The maximum atomic E-state index is 12.8. The first-order valence-electron chi connectivity index (χ1n) is 7.95. The van der Waals surface area contributed by atoms with Gasteiger partial charge in [0.15, 0.2) is 11.5 Å². The number of carbonyl (C=O) groups is 1. The highest BCUT2D eigenvalue weighted by Gasteiger charge is 2.46. The van der Waals surface area contributed by atoms with Crippen LogP contribution in [-0.2, 0) is 9.84 Å². The minimum Gasteiger partial charge on any atom is -0.461 e. The van der Waals surface area contributed by atoms with E-state index in [2.05, 4.69) is 5.16 Å². The smallest absolute Gasteiger partial charge is 0.276 e. The first kappa shape index (κ1) is 15.4. The Labute approximate surface area is 139 Å². The topological polar surface area (TPSA) is 93.6 Å². The number of hydrogen-bond acceptors (Lipinski definition) is 6. The summed E-state index contributed by atoms with van der Waals surface area (Å²) in [6, 6.07) is 4.95. The number of piperidine rings is 1. The van der Waals surface area contributed by atoms with E-state index in [-0.39, 0.29) is 28.9 Å². The lowest BCUT2D eigenvalue weighted by molar-refractivity contribution is 0.0588. The summed E-state index contributed by atoms with van der Waals surface area (Å²) in [6.07, 6.45) is 5.49. The normalized spacial score (nSPS) is 26.7. The van der Waals surface area contributed by atoms with E-state index in [0.717, 1.165) is 12.8 Å². The molecular weight excluding hydrogens is 332 g/mol. The van der Waals surface area contributed by atoms with E-state index in [1.807, 2.05) is 0 Å². The summed E-state index contributed by atoms with van der Waals surface area (Å²) in [4.78, 5) is 14.6. The Morgan fingerprint density at radius 3 is 2.54 bits per heavy atom. The van der Waals surface area contributed by atoms with Crippen LogP contribution in [-0.4, -0.2) is 48.0 Å². The van der Waals surface area contributed by atoms with Crippen molar-refractivity contribution < 1.29 is 22.2 Å². The zero-order valence-corrected chi connectivity index (χ0v) is 14.0. The third-order valence-electron chi connectivity index (χ3n) is 5.02. The summed E-state index contributed by atoms with van der Waals surface area (Å²) < 4.78 is 34.1. The molecule has 0 aromatic carbocycles. The highest BCUT2D eigenvalue weighted by molar-refractivity contribution is 7.91. The molecule has 2 atom stereocenters. The van der Waals surface area contributed by atoms with Gasteiger partial charge in [-0.05, 0) is 37.8 Å². The molecule has 4 rings (SSSR count). The zero-order chi connectivity index (χ0) is 16.9. The van der Waals surface area contributed by atoms with Crippen LogP contribution in [0.15, 0.2) is 33.4 Å². The number of nitrogens with zero attached hydrogens (tertiary/aromatic N) is 2. The summed E-state index contributed by atoms with van der Waals surface area (Å²) in [5.74, 6) is 0.720. The van der Waals surface area contributed by atoms with E-state index in [9.17, 15) is 13.2 Å². The molecule has 128 valence electrons. The van der Waals surface area contributed by atoms with Crippen molar-refractivity contribution in [2.24, 2.45) is 0 Å². The predicted molar refractivity (Wildman–Crippen MR) is 85.1 cm³/mol. The average molecular weight is 350 g/mol. The lowest BCUT2D eigenvalue weighted by Gasteiger charge is -2.37. The Balaban J connectivity index is 1.56. The van der Waals surface area contributed by atoms with Gasteiger partial charge in [0.25, 0.3) is 5.91 Å². The molecule has 1 amide bonds. The standard InChI is InChI=1S/C16H18N2O5S/c1-24(20,21)12-7-10-4-5-11(8-12)18(10)16(19)13-9-15(23-17-13)14-3-2-6-22-14/h2-3,6,9-12H,4-5,7-8H2,1H3. The highest BCUT2D eigenvalue weighted by atomic mass is 32.2. The van der Waals surface area contributed by atoms with Crippen molar-refractivity contribution >= 4 is 15.7 Å². The fourth-order valence-corrected chi connectivity index (χ4v) is 4.99. The van der Waals surface area contributed by atoms with Crippen molar-refractivity contribution in [2.45, 2.75) is 43.0 Å².